The molecule has 24 heavy (non-hydrogen) atoms. The van der Waals surface area contributed by atoms with Gasteiger partial charge in [0.1, 0.15) is 0 Å². The second kappa shape index (κ2) is 7.53. The van der Waals surface area contributed by atoms with Crippen molar-refractivity contribution in [1.82, 2.24) is 9.80 Å². The number of nitrogens with zero attached hydrogens (tertiary/aromatic N) is 3. The topological polar surface area (TPSA) is 65.1 Å². The van der Waals surface area contributed by atoms with Gasteiger partial charge in [-0.05, 0) is 18.2 Å². The third kappa shape index (κ3) is 3.97. The zero-order chi connectivity index (χ0) is 16.9. The first kappa shape index (κ1) is 16.6. The van der Waals surface area contributed by atoms with Gasteiger partial charge in [0.25, 0.3) is 0 Å². The summed E-state index contributed by atoms with van der Waals surface area (Å²) in [6, 6.07) is 7.78. The zero-order valence-corrected chi connectivity index (χ0v) is 14.0. The lowest BCUT2D eigenvalue weighted by molar-refractivity contribution is -0.129. The molecule has 0 aromatic heterocycles. The van der Waals surface area contributed by atoms with Gasteiger partial charge in [-0.25, -0.2) is 4.79 Å². The van der Waals surface area contributed by atoms with Crippen molar-refractivity contribution in [3.63, 3.8) is 0 Å². The lowest BCUT2D eigenvalue weighted by Crippen LogP contribution is -2.48. The second-order valence-corrected chi connectivity index (χ2v) is 6.07. The number of nitrogens with one attached hydrogen (secondary N) is 1. The van der Waals surface area contributed by atoms with Crippen LogP contribution in [0.5, 0.6) is 0 Å². The number of amides is 3. The molecule has 130 valence electrons. The first-order valence-electron chi connectivity index (χ1n) is 8.38. The smallest absolute Gasteiger partial charge is 0.322 e. The predicted octanol–water partition coefficient (Wildman–Crippen LogP) is 1.22. The Kier molecular flexibility index (Phi) is 5.20. The second-order valence-electron chi connectivity index (χ2n) is 6.07. The molecule has 0 atom stereocenters. The fraction of sp³-hybridized carbons (Fsp3) is 0.529. The molecule has 3 amide bonds. The van der Waals surface area contributed by atoms with E-state index in [9.17, 15) is 9.59 Å². The van der Waals surface area contributed by atoms with Gasteiger partial charge in [-0.2, -0.15) is 0 Å². The van der Waals surface area contributed by atoms with E-state index >= 15 is 0 Å². The highest BCUT2D eigenvalue weighted by Crippen LogP contribution is 2.21. The third-order valence-electron chi connectivity index (χ3n) is 4.49. The van der Waals surface area contributed by atoms with Crippen LogP contribution in [0.2, 0.25) is 0 Å². The number of morpholine rings is 1. The lowest BCUT2D eigenvalue weighted by Gasteiger charge is -2.35. The summed E-state index contributed by atoms with van der Waals surface area (Å²) in [5.41, 5.74) is 1.86. The first-order chi connectivity index (χ1) is 11.6. The Balaban J connectivity index is 1.60. The van der Waals surface area contributed by atoms with Gasteiger partial charge in [-0.3, -0.25) is 4.79 Å². The molecule has 7 heteroatoms. The maximum Gasteiger partial charge on any atom is 0.322 e. The van der Waals surface area contributed by atoms with E-state index < -0.39 is 0 Å². The summed E-state index contributed by atoms with van der Waals surface area (Å²) in [5.74, 6) is 0.126. The van der Waals surface area contributed by atoms with Gasteiger partial charge in [0.2, 0.25) is 5.91 Å². The van der Waals surface area contributed by atoms with Crippen molar-refractivity contribution < 1.29 is 14.3 Å². The normalized spacial score (nSPS) is 18.5. The summed E-state index contributed by atoms with van der Waals surface area (Å²) in [6.07, 6.45) is 0. The summed E-state index contributed by atoms with van der Waals surface area (Å²) in [4.78, 5) is 29.6. The van der Waals surface area contributed by atoms with Crippen molar-refractivity contribution in [3.05, 3.63) is 24.3 Å². The van der Waals surface area contributed by atoms with Crippen molar-refractivity contribution in [2.75, 3.05) is 62.7 Å². The highest BCUT2D eigenvalue weighted by Gasteiger charge is 2.20. The Morgan fingerprint density at radius 3 is 2.38 bits per heavy atom. The number of ether oxygens (including phenoxy) is 1. The van der Waals surface area contributed by atoms with Crippen LogP contribution in [0.25, 0.3) is 0 Å². The van der Waals surface area contributed by atoms with E-state index in [1.54, 1.807) is 11.8 Å². The number of piperazine rings is 1. The van der Waals surface area contributed by atoms with Crippen LogP contribution < -0.4 is 10.2 Å². The molecule has 0 aliphatic carbocycles. The fourth-order valence-corrected chi connectivity index (χ4v) is 3.03. The van der Waals surface area contributed by atoms with Gasteiger partial charge in [-0.15, -0.1) is 0 Å². The lowest BCUT2D eigenvalue weighted by atomic mass is 10.2. The molecule has 0 unspecified atom stereocenters. The number of carbonyl (C=O) groups is 2. The number of hydrogen-bond acceptors (Lipinski definition) is 4. The van der Waals surface area contributed by atoms with E-state index in [0.29, 0.717) is 26.3 Å². The average Bonchev–Trinajstić information content (AvgIpc) is 2.63. The Hall–Kier alpha value is -2.28. The molecular weight excluding hydrogens is 308 g/mol. The molecule has 2 aliphatic heterocycles. The number of anilines is 2. The van der Waals surface area contributed by atoms with Gasteiger partial charge in [0.05, 0.1) is 13.2 Å². The minimum absolute atomic E-state index is 0.0863. The van der Waals surface area contributed by atoms with Gasteiger partial charge >= 0.3 is 6.03 Å². The molecule has 7 nitrogen and oxygen atoms in total. The minimum Gasteiger partial charge on any atom is -0.378 e. The Bertz CT molecular complexity index is 593. The molecule has 0 bridgehead atoms. The molecule has 2 saturated heterocycles. The van der Waals surface area contributed by atoms with Crippen molar-refractivity contribution in [2.24, 2.45) is 0 Å². The summed E-state index contributed by atoms with van der Waals surface area (Å²) in [5, 5.41) is 2.96. The third-order valence-corrected chi connectivity index (χ3v) is 4.49. The van der Waals surface area contributed by atoms with Crippen LogP contribution in [-0.2, 0) is 9.53 Å². The number of rotatable bonds is 2. The monoisotopic (exact) mass is 332 g/mol. The summed E-state index contributed by atoms with van der Waals surface area (Å²) < 4.78 is 5.27. The van der Waals surface area contributed by atoms with Crippen LogP contribution in [0.15, 0.2) is 24.3 Å². The number of hydrogen-bond donors (Lipinski definition) is 1. The van der Waals surface area contributed by atoms with Crippen LogP contribution in [0.1, 0.15) is 6.92 Å². The Morgan fingerprint density at radius 1 is 1.00 bits per heavy atom. The highest BCUT2D eigenvalue weighted by molar-refractivity contribution is 5.90. The van der Waals surface area contributed by atoms with Crippen LogP contribution in [0.4, 0.5) is 16.2 Å². The van der Waals surface area contributed by atoms with Crippen molar-refractivity contribution >= 4 is 23.3 Å². The molecule has 1 aromatic rings. The Labute approximate surface area is 142 Å². The molecular formula is C17H24N4O3. The van der Waals surface area contributed by atoms with E-state index in [-0.39, 0.29) is 11.9 Å². The predicted molar refractivity (Wildman–Crippen MR) is 92.3 cm³/mol. The molecule has 3 rings (SSSR count). The van der Waals surface area contributed by atoms with E-state index in [1.807, 2.05) is 29.2 Å². The van der Waals surface area contributed by atoms with Gasteiger partial charge < -0.3 is 24.8 Å². The SMILES string of the molecule is CC(=O)N1CCN(c2cccc(NC(=O)N3CCOCC3)c2)CC1. The average molecular weight is 332 g/mol. The molecule has 2 heterocycles. The zero-order valence-electron chi connectivity index (χ0n) is 14.0. The van der Waals surface area contributed by atoms with Crippen LogP contribution in [0, 0.1) is 0 Å². The van der Waals surface area contributed by atoms with E-state index in [4.69, 9.17) is 4.74 Å². The van der Waals surface area contributed by atoms with Gasteiger partial charge in [-0.1, -0.05) is 6.07 Å². The highest BCUT2D eigenvalue weighted by atomic mass is 16.5. The Morgan fingerprint density at radius 2 is 1.71 bits per heavy atom. The number of urea groups is 1. The quantitative estimate of drug-likeness (QED) is 0.884. The molecule has 2 fully saturated rings. The first-order valence-corrected chi connectivity index (χ1v) is 8.38. The van der Waals surface area contributed by atoms with E-state index in [1.165, 1.54) is 0 Å². The van der Waals surface area contributed by atoms with Crippen molar-refractivity contribution in [3.8, 4) is 0 Å². The largest absolute Gasteiger partial charge is 0.378 e. The van der Waals surface area contributed by atoms with Crippen LogP contribution >= 0.6 is 0 Å². The van der Waals surface area contributed by atoms with Crippen LogP contribution in [0.3, 0.4) is 0 Å². The fourth-order valence-electron chi connectivity index (χ4n) is 3.03. The minimum atomic E-state index is -0.0863. The van der Waals surface area contributed by atoms with Crippen molar-refractivity contribution in [2.45, 2.75) is 6.92 Å². The van der Waals surface area contributed by atoms with Crippen LogP contribution in [-0.4, -0.2) is 74.2 Å². The van der Waals surface area contributed by atoms with Crippen molar-refractivity contribution in [1.29, 1.82) is 0 Å². The molecule has 0 radical (unpaired) electrons. The number of carbonyl (C=O) groups excluding carboxylic acids is 2. The summed E-state index contributed by atoms with van der Waals surface area (Å²) in [7, 11) is 0. The van der Waals surface area contributed by atoms with Gasteiger partial charge in [0, 0.05) is 57.6 Å². The molecule has 0 saturated carbocycles. The summed E-state index contributed by atoms with van der Waals surface area (Å²) in [6.45, 7) is 7.12. The maximum absolute atomic E-state index is 12.3. The molecule has 1 N–H and O–H groups in total. The standard InChI is InChI=1S/C17H24N4O3/c1-14(22)19-5-7-20(8-6-19)16-4-2-3-15(13-16)18-17(23)21-9-11-24-12-10-21/h2-4,13H,5-12H2,1H3,(H,18,23). The van der Waals surface area contributed by atoms with E-state index in [2.05, 4.69) is 10.2 Å². The molecule has 1 aromatic carbocycles. The number of benzene rings is 1. The molecule has 0 spiro atoms. The summed E-state index contributed by atoms with van der Waals surface area (Å²) >= 11 is 0. The molecule has 2 aliphatic rings. The maximum atomic E-state index is 12.3. The van der Waals surface area contributed by atoms with Gasteiger partial charge in [0.15, 0.2) is 0 Å². The van der Waals surface area contributed by atoms with E-state index in [0.717, 1.165) is 37.6 Å².